The molecule has 0 saturated carbocycles. The Morgan fingerprint density at radius 2 is 1.85 bits per heavy atom. The van der Waals surface area contributed by atoms with Crippen molar-refractivity contribution < 1.29 is 14.6 Å². The first-order valence-corrected chi connectivity index (χ1v) is 7.73. The van der Waals surface area contributed by atoms with Crippen molar-refractivity contribution >= 4 is 22.9 Å². The number of aliphatic hydroxyl groups excluding tert-OH is 1. The number of halogens is 1. The Balaban J connectivity index is 2.32. The molecule has 1 unspecified atom stereocenters. The summed E-state index contributed by atoms with van der Waals surface area (Å²) in [6, 6.07) is 7.22. The van der Waals surface area contributed by atoms with E-state index in [4.69, 9.17) is 21.1 Å². The van der Waals surface area contributed by atoms with Crippen LogP contribution < -0.4 is 9.47 Å². The average Bonchev–Trinajstić information content (AvgIpc) is 2.86. The quantitative estimate of drug-likeness (QED) is 0.865. The summed E-state index contributed by atoms with van der Waals surface area (Å²) in [4.78, 5) is 0.735. The fourth-order valence-electron chi connectivity index (χ4n) is 1.89. The molecular formula is C15H17ClO3S. The van der Waals surface area contributed by atoms with Gasteiger partial charge in [0.1, 0.15) is 6.10 Å². The Labute approximate surface area is 127 Å². The lowest BCUT2D eigenvalue weighted by molar-refractivity contribution is 0.222. The zero-order valence-electron chi connectivity index (χ0n) is 11.4. The molecule has 1 atom stereocenters. The molecule has 0 aliphatic heterocycles. The highest BCUT2D eigenvalue weighted by molar-refractivity contribution is 7.10. The van der Waals surface area contributed by atoms with Gasteiger partial charge < -0.3 is 14.6 Å². The van der Waals surface area contributed by atoms with Crippen LogP contribution in [0.25, 0.3) is 0 Å². The number of benzene rings is 1. The zero-order valence-corrected chi connectivity index (χ0v) is 13.0. The molecule has 0 aliphatic carbocycles. The van der Waals surface area contributed by atoms with Gasteiger partial charge in [0.2, 0.25) is 0 Å². The van der Waals surface area contributed by atoms with E-state index >= 15 is 0 Å². The largest absolute Gasteiger partial charge is 0.490 e. The van der Waals surface area contributed by atoms with Crippen molar-refractivity contribution in [1.29, 1.82) is 0 Å². The highest BCUT2D eigenvalue weighted by atomic mass is 35.5. The molecule has 20 heavy (non-hydrogen) atoms. The van der Waals surface area contributed by atoms with Crippen molar-refractivity contribution in [2.24, 2.45) is 0 Å². The van der Waals surface area contributed by atoms with Gasteiger partial charge in [-0.15, -0.1) is 11.3 Å². The van der Waals surface area contributed by atoms with Gasteiger partial charge in [0.15, 0.2) is 11.5 Å². The highest BCUT2D eigenvalue weighted by Gasteiger charge is 2.17. The Bertz CT molecular complexity index is 568. The zero-order chi connectivity index (χ0) is 14.5. The first-order valence-electron chi connectivity index (χ1n) is 6.47. The Morgan fingerprint density at radius 3 is 2.45 bits per heavy atom. The minimum absolute atomic E-state index is 0.541. The molecular weight excluding hydrogens is 296 g/mol. The summed E-state index contributed by atoms with van der Waals surface area (Å²) in [5, 5.41) is 12.8. The molecule has 0 saturated heterocycles. The Morgan fingerprint density at radius 1 is 1.15 bits per heavy atom. The lowest BCUT2D eigenvalue weighted by Gasteiger charge is -2.15. The van der Waals surface area contributed by atoms with Crippen LogP contribution in [0.4, 0.5) is 0 Å². The van der Waals surface area contributed by atoms with Crippen LogP contribution >= 0.6 is 22.9 Å². The van der Waals surface area contributed by atoms with Gasteiger partial charge in [0.25, 0.3) is 0 Å². The molecule has 2 rings (SSSR count). The van der Waals surface area contributed by atoms with Gasteiger partial charge in [-0.25, -0.2) is 0 Å². The van der Waals surface area contributed by atoms with Crippen LogP contribution in [0.5, 0.6) is 11.5 Å². The molecule has 1 heterocycles. The van der Waals surface area contributed by atoms with E-state index in [1.807, 2.05) is 31.4 Å². The number of ether oxygens (including phenoxy) is 2. The number of hydrogen-bond donors (Lipinski definition) is 1. The maximum Gasteiger partial charge on any atom is 0.161 e. The summed E-state index contributed by atoms with van der Waals surface area (Å²) in [5.41, 5.74) is 0.737. The van der Waals surface area contributed by atoms with Crippen LogP contribution in [0.1, 0.15) is 30.4 Å². The molecule has 0 amide bonds. The second kappa shape index (κ2) is 6.97. The van der Waals surface area contributed by atoms with Crippen molar-refractivity contribution in [3.05, 3.63) is 45.1 Å². The van der Waals surface area contributed by atoms with Crippen LogP contribution in [0.2, 0.25) is 5.02 Å². The Kier molecular flexibility index (Phi) is 5.29. The lowest BCUT2D eigenvalue weighted by atomic mass is 10.1. The van der Waals surface area contributed by atoms with Gasteiger partial charge in [-0.2, -0.15) is 0 Å². The molecule has 0 spiro atoms. The van der Waals surface area contributed by atoms with Crippen molar-refractivity contribution in [3.63, 3.8) is 0 Å². The predicted octanol–water partition coefficient (Wildman–Crippen LogP) is 4.28. The lowest BCUT2D eigenvalue weighted by Crippen LogP contribution is -2.02. The van der Waals surface area contributed by atoms with E-state index in [0.717, 1.165) is 10.4 Å². The molecule has 5 heteroatoms. The SMILES string of the molecule is CCOc1ccc(C(O)c2sccc2Cl)cc1OCC. The maximum atomic E-state index is 10.4. The molecule has 1 aromatic heterocycles. The molecule has 2 aromatic rings. The van der Waals surface area contributed by atoms with Crippen molar-refractivity contribution in [2.75, 3.05) is 13.2 Å². The monoisotopic (exact) mass is 312 g/mol. The van der Waals surface area contributed by atoms with Gasteiger partial charge in [0.05, 0.1) is 23.1 Å². The normalized spacial score (nSPS) is 12.2. The summed E-state index contributed by atoms with van der Waals surface area (Å²) in [7, 11) is 0. The van der Waals surface area contributed by atoms with Gasteiger partial charge >= 0.3 is 0 Å². The van der Waals surface area contributed by atoms with E-state index in [1.54, 1.807) is 12.1 Å². The molecule has 0 fully saturated rings. The van der Waals surface area contributed by atoms with Crippen molar-refractivity contribution in [2.45, 2.75) is 20.0 Å². The van der Waals surface area contributed by atoms with Crippen LogP contribution in [0.3, 0.4) is 0 Å². The van der Waals surface area contributed by atoms with Crippen molar-refractivity contribution in [1.82, 2.24) is 0 Å². The van der Waals surface area contributed by atoms with Gasteiger partial charge in [-0.1, -0.05) is 17.7 Å². The number of aliphatic hydroxyl groups is 1. The number of thiophene rings is 1. The fraction of sp³-hybridized carbons (Fsp3) is 0.333. The average molecular weight is 313 g/mol. The van der Waals surface area contributed by atoms with E-state index in [0.29, 0.717) is 29.7 Å². The fourth-order valence-corrected chi connectivity index (χ4v) is 3.06. The summed E-state index contributed by atoms with van der Waals surface area (Å²) in [6.45, 7) is 4.94. The second-order valence-electron chi connectivity index (χ2n) is 4.11. The van der Waals surface area contributed by atoms with Crippen LogP contribution in [-0.2, 0) is 0 Å². The van der Waals surface area contributed by atoms with E-state index < -0.39 is 6.10 Å². The third kappa shape index (κ3) is 3.26. The number of hydrogen-bond acceptors (Lipinski definition) is 4. The number of rotatable bonds is 6. The topological polar surface area (TPSA) is 38.7 Å². The summed E-state index contributed by atoms with van der Waals surface area (Å²) >= 11 is 7.49. The summed E-state index contributed by atoms with van der Waals surface area (Å²) in [5.74, 6) is 1.32. The van der Waals surface area contributed by atoms with Crippen LogP contribution in [-0.4, -0.2) is 18.3 Å². The minimum atomic E-state index is -0.752. The third-order valence-corrected chi connectivity index (χ3v) is 4.19. The van der Waals surface area contributed by atoms with E-state index in [-0.39, 0.29) is 0 Å². The first-order chi connectivity index (χ1) is 9.67. The molecule has 3 nitrogen and oxygen atoms in total. The third-order valence-electron chi connectivity index (χ3n) is 2.78. The molecule has 0 aliphatic rings. The van der Waals surface area contributed by atoms with E-state index in [2.05, 4.69) is 0 Å². The predicted molar refractivity (Wildman–Crippen MR) is 82.2 cm³/mol. The molecule has 0 radical (unpaired) electrons. The van der Waals surface area contributed by atoms with Gasteiger partial charge in [-0.3, -0.25) is 0 Å². The standard InChI is InChI=1S/C15H17ClO3S/c1-3-18-12-6-5-10(9-13(12)19-4-2)14(17)15-11(16)7-8-20-15/h5-9,14,17H,3-4H2,1-2H3. The highest BCUT2D eigenvalue weighted by Crippen LogP contribution is 2.36. The molecule has 1 aromatic carbocycles. The first kappa shape index (κ1) is 15.2. The maximum absolute atomic E-state index is 10.4. The molecule has 108 valence electrons. The molecule has 0 bridgehead atoms. The summed E-state index contributed by atoms with van der Waals surface area (Å²) in [6.07, 6.45) is -0.752. The van der Waals surface area contributed by atoms with Crippen molar-refractivity contribution in [3.8, 4) is 11.5 Å². The second-order valence-corrected chi connectivity index (χ2v) is 5.46. The molecule has 1 N–H and O–H groups in total. The van der Waals surface area contributed by atoms with Gasteiger partial charge in [0, 0.05) is 0 Å². The van der Waals surface area contributed by atoms with E-state index in [9.17, 15) is 5.11 Å². The summed E-state index contributed by atoms with van der Waals surface area (Å²) < 4.78 is 11.1. The Hall–Kier alpha value is -1.23. The smallest absolute Gasteiger partial charge is 0.161 e. The van der Waals surface area contributed by atoms with Crippen LogP contribution in [0, 0.1) is 0 Å². The van der Waals surface area contributed by atoms with E-state index in [1.165, 1.54) is 11.3 Å². The minimum Gasteiger partial charge on any atom is -0.490 e. The van der Waals surface area contributed by atoms with Crippen LogP contribution in [0.15, 0.2) is 29.6 Å². The van der Waals surface area contributed by atoms with Gasteiger partial charge in [-0.05, 0) is 43.0 Å².